The van der Waals surface area contributed by atoms with Gasteiger partial charge in [-0.25, -0.2) is 4.98 Å². The quantitative estimate of drug-likeness (QED) is 0.856. The van der Waals surface area contributed by atoms with E-state index in [0.29, 0.717) is 17.9 Å². The minimum Gasteiger partial charge on any atom is -0.352 e. The van der Waals surface area contributed by atoms with E-state index < -0.39 is 0 Å². The van der Waals surface area contributed by atoms with Gasteiger partial charge in [-0.05, 0) is 12.5 Å². The molecular formula is C14H15N3O2. The van der Waals surface area contributed by atoms with Crippen molar-refractivity contribution >= 4 is 5.91 Å². The van der Waals surface area contributed by atoms with Gasteiger partial charge in [0, 0.05) is 18.3 Å². The SMILES string of the molecule is Cc1ncc(CC(=O)NCc2ccccc2)c(=O)[nH]1. The number of aromatic nitrogens is 2. The first kappa shape index (κ1) is 13.0. The van der Waals surface area contributed by atoms with Crippen molar-refractivity contribution in [2.75, 3.05) is 0 Å². The van der Waals surface area contributed by atoms with Gasteiger partial charge in [0.15, 0.2) is 0 Å². The molecule has 1 heterocycles. The van der Waals surface area contributed by atoms with Gasteiger partial charge in [-0.2, -0.15) is 0 Å². The maximum Gasteiger partial charge on any atom is 0.254 e. The first-order valence-corrected chi connectivity index (χ1v) is 6.00. The molecule has 0 atom stereocenters. The van der Waals surface area contributed by atoms with E-state index in [2.05, 4.69) is 15.3 Å². The van der Waals surface area contributed by atoms with E-state index in [1.807, 2.05) is 30.3 Å². The molecule has 1 amide bonds. The van der Waals surface area contributed by atoms with Gasteiger partial charge in [0.2, 0.25) is 5.91 Å². The number of carbonyl (C=O) groups excluding carboxylic acids is 1. The molecule has 0 radical (unpaired) electrons. The summed E-state index contributed by atoms with van der Waals surface area (Å²) in [5.74, 6) is 0.346. The van der Waals surface area contributed by atoms with Crippen LogP contribution in [0.1, 0.15) is 17.0 Å². The lowest BCUT2D eigenvalue weighted by Gasteiger charge is -2.05. The van der Waals surface area contributed by atoms with E-state index in [9.17, 15) is 9.59 Å². The van der Waals surface area contributed by atoms with Crippen LogP contribution in [0.15, 0.2) is 41.3 Å². The third-order valence-corrected chi connectivity index (χ3v) is 2.68. The van der Waals surface area contributed by atoms with Crippen LogP contribution < -0.4 is 10.9 Å². The van der Waals surface area contributed by atoms with E-state index in [1.54, 1.807) is 6.92 Å². The standard InChI is InChI=1S/C14H15N3O2/c1-10-15-9-12(14(19)17-10)7-13(18)16-8-11-5-3-2-4-6-11/h2-6,9H,7-8H2,1H3,(H,16,18)(H,15,17,19). The van der Waals surface area contributed by atoms with Crippen molar-refractivity contribution in [1.29, 1.82) is 0 Å². The van der Waals surface area contributed by atoms with Crippen LogP contribution in [0.25, 0.3) is 0 Å². The van der Waals surface area contributed by atoms with Crippen LogP contribution in [0.3, 0.4) is 0 Å². The second kappa shape index (κ2) is 5.95. The van der Waals surface area contributed by atoms with Crippen LogP contribution in [0.4, 0.5) is 0 Å². The maximum atomic E-state index is 11.7. The third kappa shape index (κ3) is 3.77. The fourth-order valence-electron chi connectivity index (χ4n) is 1.67. The molecule has 98 valence electrons. The molecule has 0 aliphatic carbocycles. The zero-order chi connectivity index (χ0) is 13.7. The van der Waals surface area contributed by atoms with E-state index in [-0.39, 0.29) is 17.9 Å². The zero-order valence-electron chi connectivity index (χ0n) is 10.6. The van der Waals surface area contributed by atoms with Crippen LogP contribution in [-0.2, 0) is 17.8 Å². The van der Waals surface area contributed by atoms with Gasteiger partial charge >= 0.3 is 0 Å². The summed E-state index contributed by atoms with van der Waals surface area (Å²) < 4.78 is 0. The average molecular weight is 257 g/mol. The number of amides is 1. The minimum atomic E-state index is -0.262. The molecule has 1 aromatic heterocycles. The Labute approximate surface area is 110 Å². The Balaban J connectivity index is 1.93. The van der Waals surface area contributed by atoms with Crippen LogP contribution in [0.2, 0.25) is 0 Å². The summed E-state index contributed by atoms with van der Waals surface area (Å²) in [6.45, 7) is 2.15. The summed E-state index contributed by atoms with van der Waals surface area (Å²) in [5.41, 5.74) is 1.13. The lowest BCUT2D eigenvalue weighted by atomic mass is 10.2. The Morgan fingerprint density at radius 2 is 2.05 bits per heavy atom. The van der Waals surface area contributed by atoms with Crippen LogP contribution in [0.5, 0.6) is 0 Å². The highest BCUT2D eigenvalue weighted by Gasteiger charge is 2.07. The van der Waals surface area contributed by atoms with Gasteiger partial charge in [-0.3, -0.25) is 9.59 Å². The second-order valence-electron chi connectivity index (χ2n) is 4.26. The number of nitrogens with one attached hydrogen (secondary N) is 2. The molecule has 2 N–H and O–H groups in total. The fraction of sp³-hybridized carbons (Fsp3) is 0.214. The van der Waals surface area contributed by atoms with Crippen LogP contribution in [-0.4, -0.2) is 15.9 Å². The maximum absolute atomic E-state index is 11.7. The minimum absolute atomic E-state index is 0.0371. The molecule has 0 bridgehead atoms. The molecule has 1 aromatic carbocycles. The van der Waals surface area contributed by atoms with Gasteiger partial charge < -0.3 is 10.3 Å². The van der Waals surface area contributed by atoms with E-state index >= 15 is 0 Å². The number of hydrogen-bond acceptors (Lipinski definition) is 3. The predicted molar refractivity (Wildman–Crippen MR) is 71.6 cm³/mol. The van der Waals surface area contributed by atoms with Gasteiger partial charge in [0.25, 0.3) is 5.56 Å². The lowest BCUT2D eigenvalue weighted by Crippen LogP contribution is -2.27. The summed E-state index contributed by atoms with van der Waals surface area (Å²) in [6, 6.07) is 9.61. The first-order chi connectivity index (χ1) is 9.15. The number of carbonyl (C=O) groups is 1. The van der Waals surface area contributed by atoms with Crippen molar-refractivity contribution in [3.8, 4) is 0 Å². The normalized spacial score (nSPS) is 10.2. The Morgan fingerprint density at radius 3 is 2.74 bits per heavy atom. The topological polar surface area (TPSA) is 74.8 Å². The molecule has 2 aromatic rings. The highest BCUT2D eigenvalue weighted by atomic mass is 16.2. The summed E-state index contributed by atoms with van der Waals surface area (Å²) in [4.78, 5) is 29.9. The highest BCUT2D eigenvalue weighted by molar-refractivity contribution is 5.78. The Bertz CT molecular complexity index is 620. The Kier molecular flexibility index (Phi) is 4.07. The Hall–Kier alpha value is -2.43. The van der Waals surface area contributed by atoms with Crippen molar-refractivity contribution < 1.29 is 4.79 Å². The smallest absolute Gasteiger partial charge is 0.254 e. The molecule has 5 heteroatoms. The summed E-state index contributed by atoms with van der Waals surface area (Å²) in [6.07, 6.45) is 1.48. The molecule has 0 saturated heterocycles. The average Bonchev–Trinajstić information content (AvgIpc) is 2.41. The van der Waals surface area contributed by atoms with Gasteiger partial charge in [0.1, 0.15) is 5.82 Å². The summed E-state index contributed by atoms with van der Waals surface area (Å²) in [7, 11) is 0. The number of rotatable bonds is 4. The van der Waals surface area contributed by atoms with Crippen LogP contribution >= 0.6 is 0 Å². The largest absolute Gasteiger partial charge is 0.352 e. The first-order valence-electron chi connectivity index (χ1n) is 6.00. The van der Waals surface area contributed by atoms with Crippen molar-refractivity contribution in [3.05, 3.63) is 63.8 Å². The van der Waals surface area contributed by atoms with Gasteiger partial charge in [-0.1, -0.05) is 30.3 Å². The van der Waals surface area contributed by atoms with Crippen molar-refractivity contribution in [3.63, 3.8) is 0 Å². The number of aryl methyl sites for hydroxylation is 1. The van der Waals surface area contributed by atoms with E-state index in [4.69, 9.17) is 0 Å². The molecule has 2 rings (SSSR count). The number of benzene rings is 1. The van der Waals surface area contributed by atoms with Gasteiger partial charge in [0.05, 0.1) is 6.42 Å². The lowest BCUT2D eigenvalue weighted by molar-refractivity contribution is -0.120. The molecule has 0 unspecified atom stereocenters. The molecule has 0 spiro atoms. The predicted octanol–water partition coefficient (Wildman–Crippen LogP) is 0.937. The van der Waals surface area contributed by atoms with E-state index in [0.717, 1.165) is 5.56 Å². The fourth-order valence-corrected chi connectivity index (χ4v) is 1.67. The third-order valence-electron chi connectivity index (χ3n) is 2.68. The monoisotopic (exact) mass is 257 g/mol. The number of aromatic amines is 1. The number of hydrogen-bond donors (Lipinski definition) is 2. The number of H-pyrrole nitrogens is 1. The zero-order valence-corrected chi connectivity index (χ0v) is 10.6. The van der Waals surface area contributed by atoms with Crippen LogP contribution in [0, 0.1) is 6.92 Å². The molecule has 0 aliphatic heterocycles. The molecule has 0 saturated carbocycles. The Morgan fingerprint density at radius 1 is 1.32 bits per heavy atom. The molecule has 19 heavy (non-hydrogen) atoms. The van der Waals surface area contributed by atoms with Gasteiger partial charge in [-0.15, -0.1) is 0 Å². The number of nitrogens with zero attached hydrogens (tertiary/aromatic N) is 1. The molecular weight excluding hydrogens is 242 g/mol. The molecule has 0 aliphatic rings. The van der Waals surface area contributed by atoms with Crippen molar-refractivity contribution in [2.24, 2.45) is 0 Å². The van der Waals surface area contributed by atoms with E-state index in [1.165, 1.54) is 6.20 Å². The second-order valence-corrected chi connectivity index (χ2v) is 4.26. The van der Waals surface area contributed by atoms with Crippen molar-refractivity contribution in [2.45, 2.75) is 19.9 Å². The molecule has 0 fully saturated rings. The molecule has 5 nitrogen and oxygen atoms in total. The van der Waals surface area contributed by atoms with Crippen molar-refractivity contribution in [1.82, 2.24) is 15.3 Å². The summed E-state index contributed by atoms with van der Waals surface area (Å²) >= 11 is 0. The summed E-state index contributed by atoms with van der Waals surface area (Å²) in [5, 5.41) is 2.77. The highest BCUT2D eigenvalue weighted by Crippen LogP contribution is 1.98.